The molecule has 0 aromatic carbocycles. The molecule has 1 aromatic heterocycles. The number of rotatable bonds is 3. The highest BCUT2D eigenvalue weighted by molar-refractivity contribution is 5.40. The van der Waals surface area contributed by atoms with Crippen LogP contribution in [0.1, 0.15) is 24.9 Å². The third kappa shape index (κ3) is 2.70. The SMILES string of the molecule is CCCc1nc(C)cc(N2CCOCC2)n1. The number of hydrogen-bond donors (Lipinski definition) is 0. The van der Waals surface area contributed by atoms with Gasteiger partial charge in [0.15, 0.2) is 0 Å². The molecule has 1 aliphatic rings. The van der Waals surface area contributed by atoms with E-state index >= 15 is 0 Å². The summed E-state index contributed by atoms with van der Waals surface area (Å²) in [4.78, 5) is 11.3. The van der Waals surface area contributed by atoms with Crippen LogP contribution in [0.5, 0.6) is 0 Å². The highest BCUT2D eigenvalue weighted by Gasteiger charge is 2.13. The van der Waals surface area contributed by atoms with E-state index in [1.165, 1.54) is 0 Å². The van der Waals surface area contributed by atoms with Crippen LogP contribution in [-0.2, 0) is 11.2 Å². The van der Waals surface area contributed by atoms with E-state index in [1.54, 1.807) is 0 Å². The smallest absolute Gasteiger partial charge is 0.132 e. The van der Waals surface area contributed by atoms with Crippen LogP contribution in [0.3, 0.4) is 0 Å². The quantitative estimate of drug-likeness (QED) is 0.776. The second kappa shape index (κ2) is 5.25. The molecule has 88 valence electrons. The van der Waals surface area contributed by atoms with Crippen molar-refractivity contribution in [1.29, 1.82) is 0 Å². The molecule has 0 aliphatic carbocycles. The Morgan fingerprint density at radius 2 is 2.06 bits per heavy atom. The van der Waals surface area contributed by atoms with E-state index in [4.69, 9.17) is 4.74 Å². The van der Waals surface area contributed by atoms with Gasteiger partial charge in [0, 0.05) is 31.3 Å². The Kier molecular flexibility index (Phi) is 3.72. The van der Waals surface area contributed by atoms with Crippen LogP contribution >= 0.6 is 0 Å². The highest BCUT2D eigenvalue weighted by Crippen LogP contribution is 2.14. The molecule has 16 heavy (non-hydrogen) atoms. The Bertz CT molecular complexity index is 348. The number of nitrogens with zero attached hydrogens (tertiary/aromatic N) is 3. The van der Waals surface area contributed by atoms with Crippen LogP contribution in [0.2, 0.25) is 0 Å². The van der Waals surface area contributed by atoms with Crippen molar-refractivity contribution in [3.05, 3.63) is 17.6 Å². The van der Waals surface area contributed by atoms with Gasteiger partial charge in [-0.05, 0) is 13.3 Å². The fraction of sp³-hybridized carbons (Fsp3) is 0.667. The predicted octanol–water partition coefficient (Wildman–Crippen LogP) is 1.57. The summed E-state index contributed by atoms with van der Waals surface area (Å²) in [6.07, 6.45) is 2.05. The van der Waals surface area contributed by atoms with Crippen LogP contribution in [0.25, 0.3) is 0 Å². The maximum atomic E-state index is 5.34. The predicted molar refractivity (Wildman–Crippen MR) is 63.8 cm³/mol. The molecule has 0 radical (unpaired) electrons. The van der Waals surface area contributed by atoms with Gasteiger partial charge in [-0.2, -0.15) is 0 Å². The zero-order chi connectivity index (χ0) is 11.4. The minimum atomic E-state index is 0.798. The van der Waals surface area contributed by atoms with Crippen molar-refractivity contribution in [2.75, 3.05) is 31.2 Å². The zero-order valence-electron chi connectivity index (χ0n) is 10.1. The normalized spacial score (nSPS) is 16.5. The number of aryl methyl sites for hydroxylation is 2. The number of ether oxygens (including phenoxy) is 1. The number of aromatic nitrogens is 2. The summed E-state index contributed by atoms with van der Waals surface area (Å²) in [5.41, 5.74) is 1.06. The molecule has 0 unspecified atom stereocenters. The topological polar surface area (TPSA) is 38.2 Å². The van der Waals surface area contributed by atoms with Crippen molar-refractivity contribution in [3.63, 3.8) is 0 Å². The fourth-order valence-corrected chi connectivity index (χ4v) is 1.90. The largest absolute Gasteiger partial charge is 0.378 e. The van der Waals surface area contributed by atoms with E-state index in [0.717, 1.165) is 56.5 Å². The summed E-state index contributed by atoms with van der Waals surface area (Å²) in [6.45, 7) is 7.65. The van der Waals surface area contributed by atoms with Crippen molar-refractivity contribution in [2.45, 2.75) is 26.7 Å². The maximum absolute atomic E-state index is 5.34. The fourth-order valence-electron chi connectivity index (χ4n) is 1.90. The lowest BCUT2D eigenvalue weighted by Crippen LogP contribution is -2.37. The molecule has 2 rings (SSSR count). The highest BCUT2D eigenvalue weighted by atomic mass is 16.5. The Morgan fingerprint density at radius 1 is 1.31 bits per heavy atom. The molecule has 0 N–H and O–H groups in total. The Balaban J connectivity index is 2.18. The van der Waals surface area contributed by atoms with E-state index in [-0.39, 0.29) is 0 Å². The van der Waals surface area contributed by atoms with Crippen molar-refractivity contribution < 1.29 is 4.74 Å². The van der Waals surface area contributed by atoms with Gasteiger partial charge >= 0.3 is 0 Å². The first-order chi connectivity index (χ1) is 7.79. The van der Waals surface area contributed by atoms with Gasteiger partial charge in [-0.3, -0.25) is 0 Å². The van der Waals surface area contributed by atoms with Crippen LogP contribution < -0.4 is 4.90 Å². The summed E-state index contributed by atoms with van der Waals surface area (Å²) in [5.74, 6) is 2.02. The van der Waals surface area contributed by atoms with E-state index in [9.17, 15) is 0 Å². The first-order valence-corrected chi connectivity index (χ1v) is 5.97. The molecule has 0 bridgehead atoms. The monoisotopic (exact) mass is 221 g/mol. The van der Waals surface area contributed by atoms with Crippen molar-refractivity contribution in [1.82, 2.24) is 9.97 Å². The van der Waals surface area contributed by atoms with Crippen molar-refractivity contribution in [2.24, 2.45) is 0 Å². The second-order valence-electron chi connectivity index (χ2n) is 4.13. The third-order valence-electron chi connectivity index (χ3n) is 2.70. The summed E-state index contributed by atoms with van der Waals surface area (Å²) in [7, 11) is 0. The summed E-state index contributed by atoms with van der Waals surface area (Å²) < 4.78 is 5.34. The van der Waals surface area contributed by atoms with Crippen LogP contribution in [0.4, 0.5) is 5.82 Å². The lowest BCUT2D eigenvalue weighted by Gasteiger charge is -2.28. The minimum Gasteiger partial charge on any atom is -0.378 e. The Hall–Kier alpha value is -1.16. The Labute approximate surface area is 96.7 Å². The van der Waals surface area contributed by atoms with E-state index < -0.39 is 0 Å². The maximum Gasteiger partial charge on any atom is 0.132 e. The van der Waals surface area contributed by atoms with Crippen LogP contribution in [0.15, 0.2) is 6.07 Å². The van der Waals surface area contributed by atoms with Gasteiger partial charge in [0.05, 0.1) is 13.2 Å². The van der Waals surface area contributed by atoms with Crippen LogP contribution in [0, 0.1) is 6.92 Å². The molecule has 1 saturated heterocycles. The van der Waals surface area contributed by atoms with Gasteiger partial charge in [0.2, 0.25) is 0 Å². The standard InChI is InChI=1S/C12H19N3O/c1-3-4-11-13-10(2)9-12(14-11)15-5-7-16-8-6-15/h9H,3-8H2,1-2H3. The first-order valence-electron chi connectivity index (χ1n) is 5.97. The van der Waals surface area contributed by atoms with E-state index in [2.05, 4.69) is 27.9 Å². The lowest BCUT2D eigenvalue weighted by molar-refractivity contribution is 0.122. The van der Waals surface area contributed by atoms with Gasteiger partial charge in [-0.1, -0.05) is 6.92 Å². The van der Waals surface area contributed by atoms with Gasteiger partial charge in [-0.15, -0.1) is 0 Å². The van der Waals surface area contributed by atoms with Crippen molar-refractivity contribution in [3.8, 4) is 0 Å². The third-order valence-corrected chi connectivity index (χ3v) is 2.70. The summed E-state index contributed by atoms with van der Waals surface area (Å²) in [6, 6.07) is 2.06. The molecule has 1 fully saturated rings. The van der Waals surface area contributed by atoms with Gasteiger partial charge in [-0.25, -0.2) is 9.97 Å². The molecule has 0 atom stereocenters. The van der Waals surface area contributed by atoms with Crippen molar-refractivity contribution >= 4 is 5.82 Å². The van der Waals surface area contributed by atoms with E-state index in [1.807, 2.05) is 6.92 Å². The second-order valence-corrected chi connectivity index (χ2v) is 4.13. The number of anilines is 1. The van der Waals surface area contributed by atoms with Crippen LogP contribution in [-0.4, -0.2) is 36.3 Å². The molecular formula is C12H19N3O. The minimum absolute atomic E-state index is 0.798. The molecule has 1 aromatic rings. The average molecular weight is 221 g/mol. The average Bonchev–Trinajstić information content (AvgIpc) is 2.30. The molecular weight excluding hydrogens is 202 g/mol. The lowest BCUT2D eigenvalue weighted by atomic mass is 10.3. The first kappa shape index (κ1) is 11.3. The van der Waals surface area contributed by atoms with Gasteiger partial charge in [0.1, 0.15) is 11.6 Å². The van der Waals surface area contributed by atoms with Gasteiger partial charge in [0.25, 0.3) is 0 Å². The number of morpholine rings is 1. The molecule has 1 aliphatic heterocycles. The molecule has 4 nitrogen and oxygen atoms in total. The van der Waals surface area contributed by atoms with E-state index in [0.29, 0.717) is 0 Å². The molecule has 4 heteroatoms. The molecule has 0 amide bonds. The Morgan fingerprint density at radius 3 is 2.75 bits per heavy atom. The summed E-state index contributed by atoms with van der Waals surface area (Å²) in [5, 5.41) is 0. The molecule has 0 spiro atoms. The molecule has 0 saturated carbocycles. The number of hydrogen-bond acceptors (Lipinski definition) is 4. The zero-order valence-corrected chi connectivity index (χ0v) is 10.1. The van der Waals surface area contributed by atoms with Gasteiger partial charge < -0.3 is 9.64 Å². The molecule has 2 heterocycles. The summed E-state index contributed by atoms with van der Waals surface area (Å²) >= 11 is 0.